The van der Waals surface area contributed by atoms with E-state index in [9.17, 15) is 13.9 Å². The lowest BCUT2D eigenvalue weighted by atomic mass is 10.0. The molecule has 1 fully saturated rings. The summed E-state index contributed by atoms with van der Waals surface area (Å²) in [5, 5.41) is 14.5. The second kappa shape index (κ2) is 6.54. The molecule has 2 unspecified atom stereocenters. The van der Waals surface area contributed by atoms with Crippen molar-refractivity contribution in [2.24, 2.45) is 0 Å². The fourth-order valence-electron chi connectivity index (χ4n) is 3.02. The summed E-state index contributed by atoms with van der Waals surface area (Å²) in [6.45, 7) is 1.87. The maximum atomic E-state index is 13.7. The van der Waals surface area contributed by atoms with Gasteiger partial charge in [-0.2, -0.15) is 5.10 Å². The standard InChI is InChI=1S/C16H19F2N3O/c17-12-4-5-15(18)14(9-12)16(22)11-20-7-1-3-13(10-20)21-8-2-6-19-21/h2,4-6,8-9,13,16,22H,1,3,7,10-11H2. The Bertz CT molecular complexity index is 618. The summed E-state index contributed by atoms with van der Waals surface area (Å²) in [5.74, 6) is -1.11. The Labute approximate surface area is 128 Å². The minimum Gasteiger partial charge on any atom is -0.387 e. The Morgan fingerprint density at radius 3 is 3.00 bits per heavy atom. The van der Waals surface area contributed by atoms with Crippen LogP contribution in [0.4, 0.5) is 8.78 Å². The molecule has 1 N–H and O–H groups in total. The van der Waals surface area contributed by atoms with Crippen LogP contribution in [0.25, 0.3) is 0 Å². The van der Waals surface area contributed by atoms with Gasteiger partial charge in [0.15, 0.2) is 0 Å². The molecule has 0 spiro atoms. The summed E-state index contributed by atoms with van der Waals surface area (Å²) in [6, 6.07) is 5.31. The van der Waals surface area contributed by atoms with E-state index in [1.54, 1.807) is 6.20 Å². The molecule has 1 aromatic carbocycles. The van der Waals surface area contributed by atoms with Gasteiger partial charge in [0.2, 0.25) is 0 Å². The number of halogens is 2. The van der Waals surface area contributed by atoms with Crippen molar-refractivity contribution >= 4 is 0 Å². The summed E-state index contributed by atoms with van der Waals surface area (Å²) in [6.07, 6.45) is 4.66. The number of aliphatic hydroxyl groups is 1. The maximum Gasteiger partial charge on any atom is 0.129 e. The van der Waals surface area contributed by atoms with Crippen molar-refractivity contribution in [3.05, 3.63) is 53.9 Å². The molecule has 22 heavy (non-hydrogen) atoms. The number of piperidine rings is 1. The minimum atomic E-state index is -1.04. The van der Waals surface area contributed by atoms with Crippen molar-refractivity contribution in [2.45, 2.75) is 25.0 Å². The molecular formula is C16H19F2N3O. The van der Waals surface area contributed by atoms with Gasteiger partial charge in [0, 0.05) is 31.0 Å². The number of β-amino-alcohol motifs (C(OH)–C–C–N with tert-alkyl or cyclic N) is 1. The zero-order valence-electron chi connectivity index (χ0n) is 12.2. The van der Waals surface area contributed by atoms with E-state index in [0.717, 1.165) is 44.1 Å². The van der Waals surface area contributed by atoms with E-state index in [2.05, 4.69) is 10.00 Å². The molecule has 1 saturated heterocycles. The average molecular weight is 307 g/mol. The number of hydrogen-bond acceptors (Lipinski definition) is 3. The number of nitrogens with zero attached hydrogens (tertiary/aromatic N) is 3. The molecule has 0 saturated carbocycles. The van der Waals surface area contributed by atoms with Crippen molar-refractivity contribution in [1.29, 1.82) is 0 Å². The maximum absolute atomic E-state index is 13.7. The van der Waals surface area contributed by atoms with E-state index in [1.165, 1.54) is 0 Å². The smallest absolute Gasteiger partial charge is 0.129 e. The van der Waals surface area contributed by atoms with Gasteiger partial charge in [-0.25, -0.2) is 8.78 Å². The molecule has 118 valence electrons. The Kier molecular flexibility index (Phi) is 4.49. The second-order valence-corrected chi connectivity index (χ2v) is 5.72. The van der Waals surface area contributed by atoms with Gasteiger partial charge in [-0.15, -0.1) is 0 Å². The zero-order chi connectivity index (χ0) is 15.5. The molecule has 2 heterocycles. The van der Waals surface area contributed by atoms with Crippen molar-refractivity contribution in [2.75, 3.05) is 19.6 Å². The topological polar surface area (TPSA) is 41.3 Å². The molecule has 1 aliphatic rings. The highest BCUT2D eigenvalue weighted by Gasteiger charge is 2.24. The first-order valence-corrected chi connectivity index (χ1v) is 7.48. The summed E-state index contributed by atoms with van der Waals surface area (Å²) < 4.78 is 28.9. The van der Waals surface area contributed by atoms with Gasteiger partial charge in [0.1, 0.15) is 11.6 Å². The van der Waals surface area contributed by atoms with Crippen LogP contribution in [0.3, 0.4) is 0 Å². The Hall–Kier alpha value is -1.79. The Morgan fingerprint density at radius 1 is 1.36 bits per heavy atom. The molecule has 4 nitrogen and oxygen atoms in total. The van der Waals surface area contributed by atoms with Crippen LogP contribution in [-0.2, 0) is 0 Å². The Morgan fingerprint density at radius 2 is 2.23 bits per heavy atom. The number of likely N-dealkylation sites (tertiary alicyclic amines) is 1. The SMILES string of the molecule is OC(CN1CCCC(n2cccn2)C1)c1cc(F)ccc1F. The third kappa shape index (κ3) is 3.34. The van der Waals surface area contributed by atoms with E-state index in [0.29, 0.717) is 0 Å². The number of aromatic nitrogens is 2. The number of hydrogen-bond donors (Lipinski definition) is 1. The summed E-state index contributed by atoms with van der Waals surface area (Å²) in [5.41, 5.74) is 0.0150. The fourth-order valence-corrected chi connectivity index (χ4v) is 3.02. The number of benzene rings is 1. The van der Waals surface area contributed by atoms with Crippen LogP contribution in [-0.4, -0.2) is 39.4 Å². The molecular weight excluding hydrogens is 288 g/mol. The molecule has 0 radical (unpaired) electrons. The van der Waals surface area contributed by atoms with Gasteiger partial charge < -0.3 is 5.11 Å². The summed E-state index contributed by atoms with van der Waals surface area (Å²) in [7, 11) is 0. The zero-order valence-corrected chi connectivity index (χ0v) is 12.2. The molecule has 1 aliphatic heterocycles. The van der Waals surface area contributed by atoms with Gasteiger partial charge in [0.25, 0.3) is 0 Å². The number of rotatable bonds is 4. The van der Waals surface area contributed by atoms with Gasteiger partial charge in [0.05, 0.1) is 12.1 Å². The molecule has 1 aromatic heterocycles. The highest BCUT2D eigenvalue weighted by molar-refractivity contribution is 5.21. The van der Waals surface area contributed by atoms with E-state index in [1.807, 2.05) is 16.9 Å². The van der Waals surface area contributed by atoms with Gasteiger partial charge in [-0.05, 0) is 43.7 Å². The van der Waals surface area contributed by atoms with Gasteiger partial charge >= 0.3 is 0 Å². The minimum absolute atomic E-state index is 0.0150. The molecule has 6 heteroatoms. The molecule has 0 aliphatic carbocycles. The van der Waals surface area contributed by atoms with Crippen LogP contribution >= 0.6 is 0 Å². The van der Waals surface area contributed by atoms with E-state index >= 15 is 0 Å². The van der Waals surface area contributed by atoms with E-state index in [4.69, 9.17) is 0 Å². The van der Waals surface area contributed by atoms with Crippen molar-refractivity contribution in [3.8, 4) is 0 Å². The summed E-state index contributed by atoms with van der Waals surface area (Å²) >= 11 is 0. The summed E-state index contributed by atoms with van der Waals surface area (Å²) in [4.78, 5) is 2.07. The van der Waals surface area contributed by atoms with E-state index in [-0.39, 0.29) is 18.2 Å². The van der Waals surface area contributed by atoms with Crippen LogP contribution in [0.15, 0.2) is 36.7 Å². The first kappa shape index (κ1) is 15.1. The highest BCUT2D eigenvalue weighted by atomic mass is 19.1. The van der Waals surface area contributed by atoms with Crippen LogP contribution in [0.2, 0.25) is 0 Å². The third-order valence-corrected chi connectivity index (χ3v) is 4.13. The van der Waals surface area contributed by atoms with Crippen LogP contribution in [0, 0.1) is 11.6 Å². The van der Waals surface area contributed by atoms with Crippen molar-refractivity contribution < 1.29 is 13.9 Å². The average Bonchev–Trinajstić information content (AvgIpc) is 3.04. The lowest BCUT2D eigenvalue weighted by molar-refractivity contribution is 0.0817. The lowest BCUT2D eigenvalue weighted by Gasteiger charge is -2.34. The molecule has 2 aromatic rings. The van der Waals surface area contributed by atoms with Crippen molar-refractivity contribution in [3.63, 3.8) is 0 Å². The Balaban J connectivity index is 1.66. The van der Waals surface area contributed by atoms with Gasteiger partial charge in [-0.1, -0.05) is 0 Å². The van der Waals surface area contributed by atoms with E-state index < -0.39 is 17.7 Å². The molecule has 2 atom stereocenters. The molecule has 3 rings (SSSR count). The second-order valence-electron chi connectivity index (χ2n) is 5.72. The predicted octanol–water partition coefficient (Wildman–Crippen LogP) is 2.53. The quantitative estimate of drug-likeness (QED) is 0.944. The fraction of sp³-hybridized carbons (Fsp3) is 0.438. The van der Waals surface area contributed by atoms with Gasteiger partial charge in [-0.3, -0.25) is 9.58 Å². The monoisotopic (exact) mass is 307 g/mol. The highest BCUT2D eigenvalue weighted by Crippen LogP contribution is 2.24. The predicted molar refractivity (Wildman–Crippen MR) is 78.3 cm³/mol. The first-order valence-electron chi connectivity index (χ1n) is 7.48. The van der Waals surface area contributed by atoms with Crippen LogP contribution in [0.5, 0.6) is 0 Å². The van der Waals surface area contributed by atoms with Crippen LogP contribution in [0.1, 0.15) is 30.6 Å². The van der Waals surface area contributed by atoms with Crippen molar-refractivity contribution in [1.82, 2.24) is 14.7 Å². The third-order valence-electron chi connectivity index (χ3n) is 4.13. The number of aliphatic hydroxyl groups excluding tert-OH is 1. The normalized spacial score (nSPS) is 21.0. The largest absolute Gasteiger partial charge is 0.387 e. The molecule has 0 bridgehead atoms. The molecule has 0 amide bonds. The lowest BCUT2D eigenvalue weighted by Crippen LogP contribution is -2.39. The van der Waals surface area contributed by atoms with Crippen LogP contribution < -0.4 is 0 Å². The first-order chi connectivity index (χ1) is 10.6.